The first-order chi connectivity index (χ1) is 15.2. The molecule has 1 unspecified atom stereocenters. The largest absolute Gasteiger partial charge is 0.444 e. The Hall–Kier alpha value is -3.87. The van der Waals surface area contributed by atoms with Crippen molar-refractivity contribution < 1.29 is 14.3 Å². The minimum absolute atomic E-state index is 0.00919. The maximum Gasteiger partial charge on any atom is 0.411 e. The van der Waals surface area contributed by atoms with Crippen LogP contribution in [0.15, 0.2) is 79.0 Å². The summed E-state index contributed by atoms with van der Waals surface area (Å²) in [6.45, 7) is 0.965. The van der Waals surface area contributed by atoms with Crippen LogP contribution >= 0.6 is 0 Å². The fourth-order valence-corrected chi connectivity index (χ4v) is 3.45. The first-order valence-electron chi connectivity index (χ1n) is 10.2. The van der Waals surface area contributed by atoms with Gasteiger partial charge in [-0.3, -0.25) is 15.1 Å². The van der Waals surface area contributed by atoms with Crippen LogP contribution in [0.3, 0.4) is 0 Å². The molecule has 0 spiro atoms. The van der Waals surface area contributed by atoms with Gasteiger partial charge in [-0.25, -0.2) is 4.79 Å². The van der Waals surface area contributed by atoms with Crippen LogP contribution in [-0.4, -0.2) is 41.1 Å². The minimum atomic E-state index is -0.562. The van der Waals surface area contributed by atoms with Crippen molar-refractivity contribution in [2.24, 2.45) is 0 Å². The van der Waals surface area contributed by atoms with Crippen LogP contribution in [0.25, 0.3) is 0 Å². The third kappa shape index (κ3) is 5.82. The number of hydrogen-bond donors (Lipinski definition) is 2. The molecule has 0 bridgehead atoms. The zero-order chi connectivity index (χ0) is 21.5. The summed E-state index contributed by atoms with van der Waals surface area (Å²) >= 11 is 0. The molecule has 1 aromatic heterocycles. The van der Waals surface area contributed by atoms with Crippen molar-refractivity contribution in [3.63, 3.8) is 0 Å². The number of para-hydroxylation sites is 1. The van der Waals surface area contributed by atoms with Gasteiger partial charge in [-0.15, -0.1) is 0 Å². The van der Waals surface area contributed by atoms with Crippen LogP contribution in [0.4, 0.5) is 21.9 Å². The molecule has 1 aliphatic heterocycles. The summed E-state index contributed by atoms with van der Waals surface area (Å²) in [5.41, 5.74) is 3.46. The molecule has 1 saturated heterocycles. The molecule has 0 radical (unpaired) electrons. The molecule has 4 rings (SSSR count). The number of carbonyl (C=O) groups is 2. The van der Waals surface area contributed by atoms with Crippen molar-refractivity contribution in [1.82, 2.24) is 9.88 Å². The van der Waals surface area contributed by atoms with Gasteiger partial charge < -0.3 is 15.0 Å². The standard InChI is InChI=1S/C24H24N4O3/c29-23-16-22(17-28(23)15-13-18-6-4-5-14-25-18)31-24(30)27-21-11-9-20(10-12-21)26-19-7-2-1-3-8-19/h1-12,14,22,26H,13,15-17H2,(H,27,30). The first-order valence-corrected chi connectivity index (χ1v) is 10.2. The van der Waals surface area contributed by atoms with Gasteiger partial charge in [0.1, 0.15) is 6.10 Å². The molecule has 2 N–H and O–H groups in total. The molecule has 3 aromatic rings. The summed E-state index contributed by atoms with van der Waals surface area (Å²) in [7, 11) is 0. The van der Waals surface area contributed by atoms with Gasteiger partial charge >= 0.3 is 6.09 Å². The summed E-state index contributed by atoms with van der Waals surface area (Å²) in [6.07, 6.45) is 1.61. The monoisotopic (exact) mass is 416 g/mol. The Kier molecular flexibility index (Phi) is 6.42. The van der Waals surface area contributed by atoms with E-state index >= 15 is 0 Å². The van der Waals surface area contributed by atoms with Gasteiger partial charge in [0.2, 0.25) is 5.91 Å². The SMILES string of the molecule is O=C(Nc1ccc(Nc2ccccc2)cc1)OC1CC(=O)N(CCc2ccccn2)C1. The highest BCUT2D eigenvalue weighted by molar-refractivity contribution is 5.86. The zero-order valence-electron chi connectivity index (χ0n) is 17.0. The maximum absolute atomic E-state index is 12.2. The molecule has 7 nitrogen and oxygen atoms in total. The molecule has 1 aliphatic rings. The number of ether oxygens (including phenoxy) is 1. The number of nitrogens with one attached hydrogen (secondary N) is 2. The van der Waals surface area contributed by atoms with E-state index in [9.17, 15) is 9.59 Å². The normalized spacial score (nSPS) is 15.5. The van der Waals surface area contributed by atoms with Crippen molar-refractivity contribution in [2.75, 3.05) is 23.7 Å². The highest BCUT2D eigenvalue weighted by Gasteiger charge is 2.32. The highest BCUT2D eigenvalue weighted by atomic mass is 16.6. The van der Waals surface area contributed by atoms with E-state index in [0.29, 0.717) is 25.2 Å². The second kappa shape index (κ2) is 9.75. The molecular weight excluding hydrogens is 392 g/mol. The topological polar surface area (TPSA) is 83.6 Å². The Labute approximate surface area is 181 Å². The Morgan fingerprint density at radius 2 is 1.68 bits per heavy atom. The van der Waals surface area contributed by atoms with Gasteiger partial charge in [0.05, 0.1) is 13.0 Å². The molecule has 0 aliphatic carbocycles. The quantitative estimate of drug-likeness (QED) is 0.603. The predicted molar refractivity (Wildman–Crippen MR) is 119 cm³/mol. The lowest BCUT2D eigenvalue weighted by molar-refractivity contribution is -0.127. The number of amides is 2. The molecule has 2 heterocycles. The number of likely N-dealkylation sites (tertiary alicyclic amines) is 1. The van der Waals surface area contributed by atoms with Crippen LogP contribution in [0.5, 0.6) is 0 Å². The van der Waals surface area contributed by atoms with E-state index in [-0.39, 0.29) is 12.3 Å². The Balaban J connectivity index is 1.23. The van der Waals surface area contributed by atoms with Crippen LogP contribution < -0.4 is 10.6 Å². The highest BCUT2D eigenvalue weighted by Crippen LogP contribution is 2.20. The number of carbonyl (C=O) groups excluding carboxylic acids is 2. The van der Waals surface area contributed by atoms with Crippen LogP contribution in [0, 0.1) is 0 Å². The average molecular weight is 416 g/mol. The fraction of sp³-hybridized carbons (Fsp3) is 0.208. The molecule has 31 heavy (non-hydrogen) atoms. The Morgan fingerprint density at radius 3 is 2.42 bits per heavy atom. The van der Waals surface area contributed by atoms with Crippen LogP contribution in [-0.2, 0) is 16.0 Å². The number of rotatable bonds is 7. The van der Waals surface area contributed by atoms with Crippen LogP contribution in [0.1, 0.15) is 12.1 Å². The lowest BCUT2D eigenvalue weighted by Gasteiger charge is -2.16. The fourth-order valence-electron chi connectivity index (χ4n) is 3.45. The second-order valence-corrected chi connectivity index (χ2v) is 7.34. The van der Waals surface area contributed by atoms with Crippen molar-refractivity contribution in [2.45, 2.75) is 18.9 Å². The van der Waals surface area contributed by atoms with Gasteiger partial charge in [-0.05, 0) is 48.5 Å². The molecule has 0 saturated carbocycles. The second-order valence-electron chi connectivity index (χ2n) is 7.34. The third-order valence-corrected chi connectivity index (χ3v) is 5.01. The maximum atomic E-state index is 12.2. The van der Waals surface area contributed by atoms with Gasteiger partial charge in [0.25, 0.3) is 0 Å². The van der Waals surface area contributed by atoms with Crippen molar-refractivity contribution >= 4 is 29.1 Å². The average Bonchev–Trinajstić information content (AvgIpc) is 3.13. The number of hydrogen-bond acceptors (Lipinski definition) is 5. The number of nitrogens with zero attached hydrogens (tertiary/aromatic N) is 2. The van der Waals surface area contributed by atoms with Crippen molar-refractivity contribution in [3.8, 4) is 0 Å². The van der Waals surface area contributed by atoms with Crippen LogP contribution in [0.2, 0.25) is 0 Å². The number of benzene rings is 2. The minimum Gasteiger partial charge on any atom is -0.444 e. The van der Waals surface area contributed by atoms with E-state index in [1.807, 2.05) is 60.7 Å². The predicted octanol–water partition coefficient (Wildman–Crippen LogP) is 4.22. The molecular formula is C24H24N4O3. The summed E-state index contributed by atoms with van der Waals surface area (Å²) in [5.74, 6) is -0.00919. The lowest BCUT2D eigenvalue weighted by atomic mass is 10.2. The third-order valence-electron chi connectivity index (χ3n) is 5.01. The van der Waals surface area contributed by atoms with Gasteiger partial charge in [0.15, 0.2) is 0 Å². The summed E-state index contributed by atoms with van der Waals surface area (Å²) in [4.78, 5) is 30.5. The van der Waals surface area contributed by atoms with E-state index in [0.717, 1.165) is 17.1 Å². The smallest absolute Gasteiger partial charge is 0.411 e. The van der Waals surface area contributed by atoms with Crippen molar-refractivity contribution in [1.29, 1.82) is 0 Å². The Bertz CT molecular complexity index is 1010. The molecule has 1 fully saturated rings. The van der Waals surface area contributed by atoms with E-state index in [4.69, 9.17) is 4.74 Å². The summed E-state index contributed by atoms with van der Waals surface area (Å²) in [5, 5.41) is 6.00. The number of anilines is 3. The van der Waals surface area contributed by atoms with E-state index in [1.54, 1.807) is 23.2 Å². The molecule has 2 aromatic carbocycles. The number of pyridine rings is 1. The number of aromatic nitrogens is 1. The molecule has 7 heteroatoms. The van der Waals surface area contributed by atoms with Crippen molar-refractivity contribution in [3.05, 3.63) is 84.7 Å². The zero-order valence-corrected chi connectivity index (χ0v) is 17.0. The lowest BCUT2D eigenvalue weighted by Crippen LogP contribution is -2.30. The van der Waals surface area contributed by atoms with Gasteiger partial charge in [-0.1, -0.05) is 24.3 Å². The first kappa shape index (κ1) is 20.4. The van der Waals surface area contributed by atoms with E-state index in [2.05, 4.69) is 15.6 Å². The molecule has 1 atom stereocenters. The van der Waals surface area contributed by atoms with Gasteiger partial charge in [0, 0.05) is 41.9 Å². The molecule has 158 valence electrons. The van der Waals surface area contributed by atoms with E-state index < -0.39 is 12.2 Å². The summed E-state index contributed by atoms with van der Waals surface area (Å²) in [6, 6.07) is 22.9. The van der Waals surface area contributed by atoms with Gasteiger partial charge in [-0.2, -0.15) is 0 Å². The molecule has 2 amide bonds. The summed E-state index contributed by atoms with van der Waals surface area (Å²) < 4.78 is 5.45. The van der Waals surface area contributed by atoms with E-state index in [1.165, 1.54) is 0 Å². The Morgan fingerprint density at radius 1 is 0.968 bits per heavy atom.